The van der Waals surface area contributed by atoms with E-state index in [-0.39, 0.29) is 11.6 Å². The Morgan fingerprint density at radius 3 is 2.46 bits per heavy atom. The van der Waals surface area contributed by atoms with E-state index in [9.17, 15) is 0 Å². The molecule has 1 aromatic heterocycles. The lowest BCUT2D eigenvalue weighted by atomic mass is 9.94. The van der Waals surface area contributed by atoms with E-state index in [1.54, 1.807) is 12.4 Å². The standard InChI is InChI=1S/C18H25N3O.C2H6/c1-14-9-17(12-20-10-14)22-13-16(19)11-21-18(2,3)15-7-5-4-6-8-15;1-2/h4-10,12,16,21H,11,13,19H2,1-3H3;1-2H3. The molecule has 1 atom stereocenters. The molecule has 1 heterocycles. The Morgan fingerprint density at radius 2 is 1.83 bits per heavy atom. The van der Waals surface area contributed by atoms with Crippen molar-refractivity contribution in [3.8, 4) is 5.75 Å². The first kappa shape index (κ1) is 20.1. The summed E-state index contributed by atoms with van der Waals surface area (Å²) in [5.41, 5.74) is 8.34. The van der Waals surface area contributed by atoms with E-state index in [1.165, 1.54) is 5.56 Å². The van der Waals surface area contributed by atoms with Crippen LogP contribution in [0.5, 0.6) is 5.75 Å². The van der Waals surface area contributed by atoms with E-state index < -0.39 is 0 Å². The molecule has 4 nitrogen and oxygen atoms in total. The van der Waals surface area contributed by atoms with Crippen molar-refractivity contribution in [1.29, 1.82) is 0 Å². The molecule has 0 aliphatic rings. The minimum Gasteiger partial charge on any atom is -0.490 e. The monoisotopic (exact) mass is 329 g/mol. The van der Waals surface area contributed by atoms with E-state index in [1.807, 2.05) is 45.0 Å². The number of nitrogens with one attached hydrogen (secondary N) is 1. The number of aromatic nitrogens is 1. The van der Waals surface area contributed by atoms with Crippen LogP contribution < -0.4 is 15.8 Å². The van der Waals surface area contributed by atoms with E-state index in [0.29, 0.717) is 13.2 Å². The molecule has 2 rings (SSSR count). The number of rotatable bonds is 7. The van der Waals surface area contributed by atoms with Gasteiger partial charge < -0.3 is 15.8 Å². The normalized spacial score (nSPS) is 12.1. The summed E-state index contributed by atoms with van der Waals surface area (Å²) in [6, 6.07) is 12.2. The fraction of sp³-hybridized carbons (Fsp3) is 0.450. The lowest BCUT2D eigenvalue weighted by molar-refractivity contribution is 0.269. The third-order valence-electron chi connectivity index (χ3n) is 3.62. The van der Waals surface area contributed by atoms with Gasteiger partial charge in [-0.15, -0.1) is 0 Å². The highest BCUT2D eigenvalue weighted by atomic mass is 16.5. The van der Waals surface area contributed by atoms with Crippen molar-refractivity contribution < 1.29 is 4.74 Å². The van der Waals surface area contributed by atoms with Gasteiger partial charge in [-0.2, -0.15) is 0 Å². The lowest BCUT2D eigenvalue weighted by Crippen LogP contribution is -2.46. The predicted molar refractivity (Wildman–Crippen MR) is 101 cm³/mol. The van der Waals surface area contributed by atoms with Gasteiger partial charge in [-0.05, 0) is 38.0 Å². The van der Waals surface area contributed by atoms with Crippen molar-refractivity contribution in [2.75, 3.05) is 13.2 Å². The second-order valence-corrected chi connectivity index (χ2v) is 6.14. The molecule has 2 aromatic rings. The largest absolute Gasteiger partial charge is 0.490 e. The maximum absolute atomic E-state index is 6.14. The van der Waals surface area contributed by atoms with Crippen molar-refractivity contribution in [1.82, 2.24) is 10.3 Å². The van der Waals surface area contributed by atoms with Gasteiger partial charge in [0, 0.05) is 18.3 Å². The molecule has 0 saturated carbocycles. The van der Waals surface area contributed by atoms with Crippen molar-refractivity contribution in [2.45, 2.75) is 46.2 Å². The fourth-order valence-corrected chi connectivity index (χ4v) is 2.21. The Kier molecular flexibility index (Phi) is 8.44. The Balaban J connectivity index is 0.00000139. The average Bonchev–Trinajstić information content (AvgIpc) is 2.61. The Labute approximate surface area is 146 Å². The summed E-state index contributed by atoms with van der Waals surface area (Å²) < 4.78 is 5.69. The Bertz CT molecular complexity index is 584. The third-order valence-corrected chi connectivity index (χ3v) is 3.62. The van der Waals surface area contributed by atoms with Crippen LogP contribution in [0.3, 0.4) is 0 Å². The van der Waals surface area contributed by atoms with Gasteiger partial charge in [0.2, 0.25) is 0 Å². The van der Waals surface area contributed by atoms with Crippen LogP contribution in [-0.2, 0) is 5.54 Å². The maximum atomic E-state index is 6.14. The molecule has 0 amide bonds. The van der Waals surface area contributed by atoms with Crippen LogP contribution in [0.1, 0.15) is 38.8 Å². The smallest absolute Gasteiger partial charge is 0.137 e. The zero-order valence-corrected chi connectivity index (χ0v) is 15.5. The molecule has 1 aromatic carbocycles. The molecule has 0 aliphatic carbocycles. The summed E-state index contributed by atoms with van der Waals surface area (Å²) in [5.74, 6) is 0.762. The molecule has 24 heavy (non-hydrogen) atoms. The molecule has 0 radical (unpaired) electrons. The summed E-state index contributed by atoms with van der Waals surface area (Å²) >= 11 is 0. The van der Waals surface area contributed by atoms with Crippen molar-refractivity contribution in [2.24, 2.45) is 5.73 Å². The highest BCUT2D eigenvalue weighted by molar-refractivity contribution is 5.23. The minimum atomic E-state index is -0.121. The van der Waals surface area contributed by atoms with Crippen LogP contribution in [0, 0.1) is 6.92 Å². The number of nitrogens with two attached hydrogens (primary N) is 1. The fourth-order valence-electron chi connectivity index (χ4n) is 2.21. The summed E-state index contributed by atoms with van der Waals surface area (Å²) in [6.07, 6.45) is 3.51. The van der Waals surface area contributed by atoms with Crippen LogP contribution >= 0.6 is 0 Å². The summed E-state index contributed by atoms with van der Waals surface area (Å²) in [4.78, 5) is 4.11. The van der Waals surface area contributed by atoms with E-state index in [4.69, 9.17) is 10.5 Å². The third kappa shape index (κ3) is 6.69. The molecule has 4 heteroatoms. The lowest BCUT2D eigenvalue weighted by Gasteiger charge is -2.28. The molecule has 132 valence electrons. The maximum Gasteiger partial charge on any atom is 0.137 e. The van der Waals surface area contributed by atoms with Crippen LogP contribution in [0.25, 0.3) is 0 Å². The number of hydrogen-bond donors (Lipinski definition) is 2. The molecule has 0 spiro atoms. The first-order valence-corrected chi connectivity index (χ1v) is 8.58. The summed E-state index contributed by atoms with van der Waals surface area (Å²) in [6.45, 7) is 11.4. The van der Waals surface area contributed by atoms with Crippen LogP contribution in [-0.4, -0.2) is 24.2 Å². The zero-order chi connectivity index (χ0) is 18.0. The molecule has 0 bridgehead atoms. The minimum absolute atomic E-state index is 0.0801. The second kappa shape index (κ2) is 10.1. The number of pyridine rings is 1. The van der Waals surface area contributed by atoms with E-state index in [2.05, 4.69) is 36.3 Å². The van der Waals surface area contributed by atoms with Crippen LogP contribution in [0.15, 0.2) is 48.8 Å². The topological polar surface area (TPSA) is 60.2 Å². The number of aryl methyl sites for hydroxylation is 1. The van der Waals surface area contributed by atoms with E-state index >= 15 is 0 Å². The predicted octanol–water partition coefficient (Wildman–Crippen LogP) is 3.65. The Hall–Kier alpha value is -1.91. The molecule has 3 N–H and O–H groups in total. The summed E-state index contributed by atoms with van der Waals surface area (Å²) in [7, 11) is 0. The highest BCUT2D eigenvalue weighted by Gasteiger charge is 2.20. The Morgan fingerprint density at radius 1 is 1.17 bits per heavy atom. The zero-order valence-electron chi connectivity index (χ0n) is 15.5. The number of hydrogen-bond acceptors (Lipinski definition) is 4. The SMILES string of the molecule is CC.Cc1cncc(OCC(N)CNC(C)(C)c2ccccc2)c1. The van der Waals surface area contributed by atoms with Crippen molar-refractivity contribution in [3.63, 3.8) is 0 Å². The van der Waals surface area contributed by atoms with E-state index in [0.717, 1.165) is 11.3 Å². The molecular weight excluding hydrogens is 298 g/mol. The van der Waals surface area contributed by atoms with Crippen molar-refractivity contribution >= 4 is 0 Å². The molecule has 1 unspecified atom stereocenters. The quantitative estimate of drug-likeness (QED) is 0.814. The average molecular weight is 329 g/mol. The van der Waals surface area contributed by atoms with Gasteiger partial charge in [-0.3, -0.25) is 4.98 Å². The first-order chi connectivity index (χ1) is 11.5. The number of benzene rings is 1. The highest BCUT2D eigenvalue weighted by Crippen LogP contribution is 2.19. The van der Waals surface area contributed by atoms with Gasteiger partial charge in [0.1, 0.15) is 12.4 Å². The summed E-state index contributed by atoms with van der Waals surface area (Å²) in [5, 5.41) is 3.50. The molecule has 0 aliphatic heterocycles. The second-order valence-electron chi connectivity index (χ2n) is 6.14. The number of nitrogens with zero attached hydrogens (tertiary/aromatic N) is 1. The van der Waals surface area contributed by atoms with Crippen molar-refractivity contribution in [3.05, 3.63) is 59.9 Å². The number of ether oxygens (including phenoxy) is 1. The first-order valence-electron chi connectivity index (χ1n) is 8.58. The molecule has 0 saturated heterocycles. The van der Waals surface area contributed by atoms with Gasteiger partial charge in [0.25, 0.3) is 0 Å². The van der Waals surface area contributed by atoms with Crippen LogP contribution in [0.4, 0.5) is 0 Å². The van der Waals surface area contributed by atoms with Gasteiger partial charge in [-0.25, -0.2) is 0 Å². The van der Waals surface area contributed by atoms with Crippen LogP contribution in [0.2, 0.25) is 0 Å². The van der Waals surface area contributed by atoms with Gasteiger partial charge in [0.15, 0.2) is 0 Å². The van der Waals surface area contributed by atoms with Gasteiger partial charge in [-0.1, -0.05) is 44.2 Å². The van der Waals surface area contributed by atoms with Gasteiger partial charge in [0.05, 0.1) is 12.2 Å². The molecular formula is C20H31N3O. The molecule has 0 fully saturated rings. The van der Waals surface area contributed by atoms with Gasteiger partial charge >= 0.3 is 0 Å².